The van der Waals surface area contributed by atoms with E-state index in [2.05, 4.69) is 31.2 Å². The molecule has 18 heavy (non-hydrogen) atoms. The summed E-state index contributed by atoms with van der Waals surface area (Å²) in [7, 11) is 0. The maximum Gasteiger partial charge on any atom is 0.127 e. The zero-order chi connectivity index (χ0) is 12.5. The predicted molar refractivity (Wildman–Crippen MR) is 70.6 cm³/mol. The predicted octanol–water partition coefficient (Wildman–Crippen LogP) is 3.55. The maximum absolute atomic E-state index is 10.2. The number of hydrogen-bond donors (Lipinski definition) is 1. The van der Waals surface area contributed by atoms with Gasteiger partial charge in [0.25, 0.3) is 0 Å². The minimum Gasteiger partial charge on any atom is -0.485 e. The first-order valence-electron chi connectivity index (χ1n) is 6.24. The number of ether oxygens (including phenoxy) is 1. The van der Waals surface area contributed by atoms with Crippen LogP contribution in [-0.4, -0.2) is 5.11 Å². The van der Waals surface area contributed by atoms with E-state index in [4.69, 9.17) is 4.74 Å². The minimum atomic E-state index is -0.443. The van der Waals surface area contributed by atoms with Crippen LogP contribution in [0.2, 0.25) is 0 Å². The molecule has 2 heteroatoms. The van der Waals surface area contributed by atoms with Crippen LogP contribution >= 0.6 is 0 Å². The smallest absolute Gasteiger partial charge is 0.127 e. The molecule has 0 radical (unpaired) electrons. The summed E-state index contributed by atoms with van der Waals surface area (Å²) in [5.41, 5.74) is 3.24. The summed E-state index contributed by atoms with van der Waals surface area (Å²) in [6, 6.07) is 16.0. The molecule has 0 fully saturated rings. The molecule has 0 amide bonds. The number of hydrogen-bond acceptors (Lipinski definition) is 2. The molecule has 2 aromatic carbocycles. The van der Waals surface area contributed by atoms with E-state index in [1.807, 2.05) is 24.3 Å². The third kappa shape index (κ3) is 2.00. The lowest BCUT2D eigenvalue weighted by Crippen LogP contribution is -2.18. The number of fused-ring (bicyclic) bond motifs is 1. The second-order valence-corrected chi connectivity index (χ2v) is 4.81. The molecule has 2 nitrogen and oxygen atoms in total. The van der Waals surface area contributed by atoms with E-state index in [0.717, 1.165) is 16.9 Å². The number of para-hydroxylation sites is 1. The quantitative estimate of drug-likeness (QED) is 0.826. The van der Waals surface area contributed by atoms with Crippen molar-refractivity contribution in [2.75, 3.05) is 0 Å². The zero-order valence-electron chi connectivity index (χ0n) is 10.3. The Morgan fingerprint density at radius 3 is 2.56 bits per heavy atom. The van der Waals surface area contributed by atoms with Gasteiger partial charge in [-0.05, 0) is 18.6 Å². The van der Waals surface area contributed by atoms with Gasteiger partial charge in [-0.1, -0.05) is 48.0 Å². The van der Waals surface area contributed by atoms with Crippen molar-refractivity contribution in [1.82, 2.24) is 0 Å². The van der Waals surface area contributed by atoms with Crippen molar-refractivity contribution in [2.45, 2.75) is 25.6 Å². The Morgan fingerprint density at radius 1 is 1.06 bits per heavy atom. The van der Waals surface area contributed by atoms with Crippen LogP contribution in [0.1, 0.15) is 35.3 Å². The van der Waals surface area contributed by atoms with Gasteiger partial charge in [-0.2, -0.15) is 0 Å². The van der Waals surface area contributed by atoms with Crippen LogP contribution in [0.3, 0.4) is 0 Å². The summed E-state index contributed by atoms with van der Waals surface area (Å²) in [5, 5.41) is 10.2. The molecule has 1 N–H and O–H groups in total. The van der Waals surface area contributed by atoms with Crippen LogP contribution in [0.5, 0.6) is 5.75 Å². The molecule has 0 saturated carbocycles. The van der Waals surface area contributed by atoms with Crippen molar-refractivity contribution < 1.29 is 9.84 Å². The molecule has 0 aliphatic carbocycles. The topological polar surface area (TPSA) is 29.5 Å². The van der Waals surface area contributed by atoms with Crippen molar-refractivity contribution in [3.63, 3.8) is 0 Å². The van der Waals surface area contributed by atoms with Gasteiger partial charge >= 0.3 is 0 Å². The van der Waals surface area contributed by atoms with E-state index in [9.17, 15) is 5.11 Å². The molecule has 1 aliphatic rings. The normalized spacial score (nSPS) is 22.1. The summed E-state index contributed by atoms with van der Waals surface area (Å²) in [5.74, 6) is 0.793. The lowest BCUT2D eigenvalue weighted by Gasteiger charge is -2.29. The average Bonchev–Trinajstić information content (AvgIpc) is 2.39. The van der Waals surface area contributed by atoms with E-state index in [-0.39, 0.29) is 6.10 Å². The van der Waals surface area contributed by atoms with Crippen LogP contribution in [0.4, 0.5) is 0 Å². The zero-order valence-corrected chi connectivity index (χ0v) is 10.3. The van der Waals surface area contributed by atoms with Crippen molar-refractivity contribution in [3.05, 3.63) is 65.2 Å². The van der Waals surface area contributed by atoms with Crippen molar-refractivity contribution >= 4 is 0 Å². The molecule has 3 rings (SSSR count). The summed E-state index contributed by atoms with van der Waals surface area (Å²) in [6.07, 6.45) is 0.108. The van der Waals surface area contributed by atoms with E-state index >= 15 is 0 Å². The number of aliphatic hydroxyl groups excluding tert-OH is 1. The second-order valence-electron chi connectivity index (χ2n) is 4.81. The number of benzene rings is 2. The van der Waals surface area contributed by atoms with Crippen LogP contribution in [0, 0.1) is 6.92 Å². The molecule has 2 aromatic rings. The summed E-state index contributed by atoms with van der Waals surface area (Å²) in [4.78, 5) is 0. The molecule has 0 aromatic heterocycles. The average molecular weight is 240 g/mol. The van der Waals surface area contributed by atoms with E-state index in [1.54, 1.807) is 0 Å². The molecule has 2 unspecified atom stereocenters. The maximum atomic E-state index is 10.2. The van der Waals surface area contributed by atoms with E-state index < -0.39 is 6.10 Å². The van der Waals surface area contributed by atoms with Gasteiger partial charge in [0.05, 0.1) is 6.10 Å². The van der Waals surface area contributed by atoms with E-state index in [1.165, 1.54) is 5.56 Å². The standard InChI is InChI=1S/C16H16O2/c1-11-6-8-12(9-7-11)16-10-14(17)13-4-2-3-5-15(13)18-16/h2-9,14,16-17H,10H2,1H3. The highest BCUT2D eigenvalue weighted by molar-refractivity contribution is 5.38. The molecule has 0 spiro atoms. The first-order chi connectivity index (χ1) is 8.74. The Labute approximate surface area is 107 Å². The Balaban J connectivity index is 1.92. The van der Waals surface area contributed by atoms with Gasteiger partial charge in [0.1, 0.15) is 11.9 Å². The molecule has 0 saturated heterocycles. The second kappa shape index (κ2) is 4.46. The summed E-state index contributed by atoms with van der Waals surface area (Å²) < 4.78 is 5.97. The van der Waals surface area contributed by atoms with Gasteiger partial charge in [0, 0.05) is 12.0 Å². The highest BCUT2D eigenvalue weighted by Crippen LogP contribution is 2.40. The van der Waals surface area contributed by atoms with Crippen LogP contribution < -0.4 is 4.74 Å². The highest BCUT2D eigenvalue weighted by atomic mass is 16.5. The third-order valence-corrected chi connectivity index (χ3v) is 3.43. The van der Waals surface area contributed by atoms with Crippen LogP contribution in [0.25, 0.3) is 0 Å². The Bertz CT molecular complexity index is 545. The SMILES string of the molecule is Cc1ccc(C2CC(O)c3ccccc3O2)cc1. The monoisotopic (exact) mass is 240 g/mol. The van der Waals surface area contributed by atoms with Gasteiger partial charge in [0.2, 0.25) is 0 Å². The summed E-state index contributed by atoms with van der Waals surface area (Å²) in [6.45, 7) is 2.07. The number of aliphatic hydroxyl groups is 1. The van der Waals surface area contributed by atoms with Crippen molar-refractivity contribution in [1.29, 1.82) is 0 Å². The van der Waals surface area contributed by atoms with Gasteiger partial charge < -0.3 is 9.84 Å². The van der Waals surface area contributed by atoms with Gasteiger partial charge in [-0.3, -0.25) is 0 Å². The lowest BCUT2D eigenvalue weighted by molar-refractivity contribution is 0.0657. The van der Waals surface area contributed by atoms with Crippen LogP contribution in [0.15, 0.2) is 48.5 Å². The first kappa shape index (κ1) is 11.3. The molecule has 1 aliphatic heterocycles. The molecule has 1 heterocycles. The largest absolute Gasteiger partial charge is 0.485 e. The molecular formula is C16H16O2. The fraction of sp³-hybridized carbons (Fsp3) is 0.250. The van der Waals surface area contributed by atoms with Gasteiger partial charge in [-0.25, -0.2) is 0 Å². The Kier molecular flexibility index (Phi) is 2.80. The highest BCUT2D eigenvalue weighted by Gasteiger charge is 2.27. The van der Waals surface area contributed by atoms with Crippen molar-refractivity contribution in [3.8, 4) is 5.75 Å². The first-order valence-corrected chi connectivity index (χ1v) is 6.24. The molecule has 92 valence electrons. The third-order valence-electron chi connectivity index (χ3n) is 3.43. The van der Waals surface area contributed by atoms with Gasteiger partial charge in [0.15, 0.2) is 0 Å². The van der Waals surface area contributed by atoms with Crippen LogP contribution in [-0.2, 0) is 0 Å². The van der Waals surface area contributed by atoms with Gasteiger partial charge in [-0.15, -0.1) is 0 Å². The Hall–Kier alpha value is -1.80. The molecular weight excluding hydrogens is 224 g/mol. The lowest BCUT2D eigenvalue weighted by atomic mass is 9.95. The molecule has 2 atom stereocenters. The fourth-order valence-corrected chi connectivity index (χ4v) is 2.38. The number of aryl methyl sites for hydroxylation is 1. The molecule has 0 bridgehead atoms. The van der Waals surface area contributed by atoms with Crippen molar-refractivity contribution in [2.24, 2.45) is 0 Å². The minimum absolute atomic E-state index is 0.0597. The summed E-state index contributed by atoms with van der Waals surface area (Å²) >= 11 is 0. The number of rotatable bonds is 1. The fourth-order valence-electron chi connectivity index (χ4n) is 2.38. The van der Waals surface area contributed by atoms with E-state index in [0.29, 0.717) is 6.42 Å². The Morgan fingerprint density at radius 2 is 1.78 bits per heavy atom.